The van der Waals surface area contributed by atoms with Crippen LogP contribution < -0.4 is 4.90 Å². The van der Waals surface area contributed by atoms with Crippen molar-refractivity contribution in [1.82, 2.24) is 14.9 Å². The number of H-pyrrole nitrogens is 1. The van der Waals surface area contributed by atoms with E-state index in [9.17, 15) is 9.59 Å². The first-order valence-electron chi connectivity index (χ1n) is 9.68. The van der Waals surface area contributed by atoms with Crippen molar-refractivity contribution in [2.45, 2.75) is 40.0 Å². The number of aryl methyl sites for hydroxylation is 4. The Morgan fingerprint density at radius 2 is 1.70 bits per heavy atom. The molecular weight excluding hydrogens is 340 g/mol. The highest BCUT2D eigenvalue weighted by Crippen LogP contribution is 2.28. The smallest absolute Gasteiger partial charge is 0.256 e. The van der Waals surface area contributed by atoms with Crippen LogP contribution >= 0.6 is 0 Å². The van der Waals surface area contributed by atoms with Crippen LogP contribution in [0.3, 0.4) is 0 Å². The molecule has 2 aliphatic rings. The average Bonchev–Trinajstić information content (AvgIpc) is 2.98. The number of carbonyl (C=O) groups is 2. The van der Waals surface area contributed by atoms with Gasteiger partial charge in [-0.1, -0.05) is 0 Å². The van der Waals surface area contributed by atoms with Gasteiger partial charge in [-0.25, -0.2) is 0 Å². The number of aromatic amines is 1. The zero-order valence-electron chi connectivity index (χ0n) is 16.3. The van der Waals surface area contributed by atoms with Gasteiger partial charge < -0.3 is 14.8 Å². The summed E-state index contributed by atoms with van der Waals surface area (Å²) >= 11 is 0. The molecule has 6 nitrogen and oxygen atoms in total. The number of aromatic nitrogens is 2. The Labute approximate surface area is 159 Å². The Bertz CT molecular complexity index is 887. The largest absolute Gasteiger partial charge is 0.368 e. The Balaban J connectivity index is 1.51. The number of carbonyl (C=O) groups excluding carboxylic acids is 2. The van der Waals surface area contributed by atoms with E-state index >= 15 is 0 Å². The third-order valence-electron chi connectivity index (χ3n) is 5.59. The molecule has 1 fully saturated rings. The summed E-state index contributed by atoms with van der Waals surface area (Å²) in [6, 6.07) is 4.19. The molecule has 3 heterocycles. The predicted molar refractivity (Wildman–Crippen MR) is 105 cm³/mol. The van der Waals surface area contributed by atoms with E-state index in [1.807, 2.05) is 25.7 Å². The van der Waals surface area contributed by atoms with Gasteiger partial charge in [-0.05, 0) is 45.7 Å². The molecule has 0 unspecified atom stereocenters. The summed E-state index contributed by atoms with van der Waals surface area (Å²) in [5.41, 5.74) is 6.19. The Hall–Kier alpha value is -2.63. The second-order valence-corrected chi connectivity index (χ2v) is 7.64. The van der Waals surface area contributed by atoms with Crippen molar-refractivity contribution in [2.75, 3.05) is 31.1 Å². The molecule has 2 aromatic rings. The van der Waals surface area contributed by atoms with E-state index in [4.69, 9.17) is 0 Å². The highest BCUT2D eigenvalue weighted by molar-refractivity contribution is 6.10. The first-order chi connectivity index (χ1) is 12.9. The number of hydrogen-bond acceptors (Lipinski definition) is 4. The van der Waals surface area contributed by atoms with Crippen LogP contribution in [0.25, 0.3) is 0 Å². The number of pyridine rings is 1. The van der Waals surface area contributed by atoms with Gasteiger partial charge in [0.15, 0.2) is 5.78 Å². The van der Waals surface area contributed by atoms with E-state index in [1.165, 1.54) is 0 Å². The van der Waals surface area contributed by atoms with Crippen LogP contribution in [0.15, 0.2) is 12.1 Å². The van der Waals surface area contributed by atoms with Crippen molar-refractivity contribution >= 4 is 17.4 Å². The lowest BCUT2D eigenvalue weighted by Gasteiger charge is -2.36. The van der Waals surface area contributed by atoms with Crippen molar-refractivity contribution < 1.29 is 9.59 Å². The molecule has 1 aliphatic heterocycles. The van der Waals surface area contributed by atoms with Crippen LogP contribution in [0.1, 0.15) is 56.3 Å². The number of nitrogens with one attached hydrogen (secondary N) is 1. The monoisotopic (exact) mass is 366 g/mol. The van der Waals surface area contributed by atoms with Gasteiger partial charge in [0.25, 0.3) is 5.91 Å². The minimum Gasteiger partial charge on any atom is -0.368 e. The van der Waals surface area contributed by atoms with E-state index in [0.717, 1.165) is 54.4 Å². The minimum atomic E-state index is -0.0120. The number of hydrogen-bond donors (Lipinski definition) is 1. The van der Waals surface area contributed by atoms with Gasteiger partial charge in [-0.3, -0.25) is 14.6 Å². The van der Waals surface area contributed by atoms with Gasteiger partial charge in [0.1, 0.15) is 0 Å². The summed E-state index contributed by atoms with van der Waals surface area (Å²) in [5, 5.41) is 0. The van der Waals surface area contributed by atoms with Crippen LogP contribution in [-0.2, 0) is 6.42 Å². The fraction of sp³-hybridized carbons (Fsp3) is 0.476. The molecule has 0 bridgehead atoms. The Morgan fingerprint density at radius 3 is 2.37 bits per heavy atom. The van der Waals surface area contributed by atoms with Crippen molar-refractivity contribution in [2.24, 2.45) is 0 Å². The lowest BCUT2D eigenvalue weighted by Crippen LogP contribution is -2.49. The zero-order valence-corrected chi connectivity index (χ0v) is 16.3. The van der Waals surface area contributed by atoms with E-state index in [-0.39, 0.29) is 11.7 Å². The lowest BCUT2D eigenvalue weighted by atomic mass is 9.92. The standard InChI is InChI=1S/C21H26N4O2/c1-13-11-16(12-14(2)22-13)24-7-9-25(10-8-24)21(27)19-15(3)23-17-5-4-6-18(26)20(17)19/h11-12,23H,4-10H2,1-3H3. The van der Waals surface area contributed by atoms with Crippen LogP contribution in [0.5, 0.6) is 0 Å². The van der Waals surface area contributed by atoms with E-state index < -0.39 is 0 Å². The Kier molecular flexibility index (Phi) is 4.50. The number of Topliss-reactive ketones (excluding diaryl/α,β-unsaturated/α-hetero) is 1. The predicted octanol–water partition coefficient (Wildman–Crippen LogP) is 2.82. The van der Waals surface area contributed by atoms with Gasteiger partial charge >= 0.3 is 0 Å². The van der Waals surface area contributed by atoms with E-state index in [1.54, 1.807) is 0 Å². The molecule has 0 spiro atoms. The maximum absolute atomic E-state index is 13.2. The maximum atomic E-state index is 13.2. The first kappa shape index (κ1) is 17.8. The second kappa shape index (κ2) is 6.83. The summed E-state index contributed by atoms with van der Waals surface area (Å²) in [6.45, 7) is 8.80. The topological polar surface area (TPSA) is 69.3 Å². The molecular formula is C21H26N4O2. The number of fused-ring (bicyclic) bond motifs is 1. The number of ketones is 1. The molecule has 1 aliphatic carbocycles. The van der Waals surface area contributed by atoms with Crippen LogP contribution in [0.2, 0.25) is 0 Å². The quantitative estimate of drug-likeness (QED) is 0.887. The van der Waals surface area contributed by atoms with Gasteiger partial charge in [0, 0.05) is 61.1 Å². The number of anilines is 1. The highest BCUT2D eigenvalue weighted by atomic mass is 16.2. The molecule has 4 rings (SSSR count). The summed E-state index contributed by atoms with van der Waals surface area (Å²) in [4.78, 5) is 37.5. The summed E-state index contributed by atoms with van der Waals surface area (Å²) in [7, 11) is 0. The average molecular weight is 366 g/mol. The fourth-order valence-corrected chi connectivity index (χ4v) is 4.32. The summed E-state index contributed by atoms with van der Waals surface area (Å²) in [6.07, 6.45) is 2.26. The highest BCUT2D eigenvalue weighted by Gasteiger charge is 2.32. The number of piperazine rings is 1. The summed E-state index contributed by atoms with van der Waals surface area (Å²) < 4.78 is 0. The molecule has 0 atom stereocenters. The first-order valence-corrected chi connectivity index (χ1v) is 9.68. The molecule has 27 heavy (non-hydrogen) atoms. The van der Waals surface area contributed by atoms with Crippen molar-refractivity contribution in [3.05, 3.63) is 46.0 Å². The van der Waals surface area contributed by atoms with E-state index in [0.29, 0.717) is 30.6 Å². The molecule has 1 N–H and O–H groups in total. The molecule has 6 heteroatoms. The number of amides is 1. The van der Waals surface area contributed by atoms with Crippen molar-refractivity contribution in [3.63, 3.8) is 0 Å². The molecule has 0 aromatic carbocycles. The maximum Gasteiger partial charge on any atom is 0.256 e. The second-order valence-electron chi connectivity index (χ2n) is 7.64. The van der Waals surface area contributed by atoms with Crippen LogP contribution in [0.4, 0.5) is 5.69 Å². The summed E-state index contributed by atoms with van der Waals surface area (Å²) in [5.74, 6) is 0.0901. The minimum absolute atomic E-state index is 0.0120. The molecule has 1 amide bonds. The van der Waals surface area contributed by atoms with Gasteiger partial charge in [-0.15, -0.1) is 0 Å². The van der Waals surface area contributed by atoms with Gasteiger partial charge in [-0.2, -0.15) is 0 Å². The molecule has 0 saturated carbocycles. The number of rotatable bonds is 2. The third-order valence-corrected chi connectivity index (χ3v) is 5.59. The van der Waals surface area contributed by atoms with Gasteiger partial charge in [0.2, 0.25) is 0 Å². The van der Waals surface area contributed by atoms with Gasteiger partial charge in [0.05, 0.1) is 11.1 Å². The van der Waals surface area contributed by atoms with E-state index in [2.05, 4.69) is 27.0 Å². The Morgan fingerprint density at radius 1 is 1.04 bits per heavy atom. The van der Waals surface area contributed by atoms with Crippen molar-refractivity contribution in [3.8, 4) is 0 Å². The van der Waals surface area contributed by atoms with Crippen LogP contribution in [-0.4, -0.2) is 52.7 Å². The van der Waals surface area contributed by atoms with Crippen LogP contribution in [0, 0.1) is 20.8 Å². The fourth-order valence-electron chi connectivity index (χ4n) is 4.32. The zero-order chi connectivity index (χ0) is 19.1. The third kappa shape index (κ3) is 3.24. The lowest BCUT2D eigenvalue weighted by molar-refractivity contribution is 0.0740. The SMILES string of the molecule is Cc1cc(N2CCN(C(=O)c3c(C)[nH]c4c3C(=O)CCC4)CC2)cc(C)n1. The molecule has 0 radical (unpaired) electrons. The van der Waals surface area contributed by atoms with Crippen molar-refractivity contribution in [1.29, 1.82) is 0 Å². The normalized spacial score (nSPS) is 17.2. The molecule has 142 valence electrons. The molecule has 1 saturated heterocycles. The number of nitrogens with zero attached hydrogens (tertiary/aromatic N) is 3. The molecule has 2 aromatic heterocycles.